The molecular weight excluding hydrogens is 532 g/mol. The maximum atomic E-state index is 12.5. The Labute approximate surface area is 247 Å². The van der Waals surface area contributed by atoms with Crippen LogP contribution in [0.4, 0.5) is 0 Å². The summed E-state index contributed by atoms with van der Waals surface area (Å²) in [5, 5.41) is 39.6. The van der Waals surface area contributed by atoms with E-state index in [0.29, 0.717) is 6.42 Å². The molecule has 2 unspecified atom stereocenters. The van der Waals surface area contributed by atoms with Crippen LogP contribution in [0, 0.1) is 0 Å². The summed E-state index contributed by atoms with van der Waals surface area (Å²) in [6, 6.07) is 0. The van der Waals surface area contributed by atoms with Crippen LogP contribution in [0.3, 0.4) is 0 Å². The van der Waals surface area contributed by atoms with Crippen LogP contribution in [-0.4, -0.2) is 89.0 Å². The van der Waals surface area contributed by atoms with E-state index in [2.05, 4.69) is 13.8 Å². The number of aliphatic hydroxyl groups excluding tert-OH is 4. The predicted octanol–water partition coefficient (Wildman–Crippen LogP) is 4.32. The molecule has 0 aromatic carbocycles. The van der Waals surface area contributed by atoms with E-state index in [4.69, 9.17) is 18.9 Å². The summed E-state index contributed by atoms with van der Waals surface area (Å²) >= 11 is 0. The van der Waals surface area contributed by atoms with Crippen molar-refractivity contribution in [2.24, 2.45) is 0 Å². The molecule has 0 bridgehead atoms. The van der Waals surface area contributed by atoms with Crippen molar-refractivity contribution >= 4 is 11.9 Å². The maximum Gasteiger partial charge on any atom is 0.306 e. The van der Waals surface area contributed by atoms with E-state index in [1.165, 1.54) is 57.8 Å². The Hall–Kier alpha value is -1.30. The van der Waals surface area contributed by atoms with Gasteiger partial charge in [-0.15, -0.1) is 0 Å². The van der Waals surface area contributed by atoms with E-state index in [0.717, 1.165) is 38.5 Å². The third-order valence-electron chi connectivity index (χ3n) is 7.49. The van der Waals surface area contributed by atoms with Gasteiger partial charge in [-0.25, -0.2) is 0 Å². The van der Waals surface area contributed by atoms with Gasteiger partial charge in [0, 0.05) is 12.8 Å². The van der Waals surface area contributed by atoms with Crippen molar-refractivity contribution in [3.8, 4) is 0 Å². The Morgan fingerprint density at radius 1 is 0.659 bits per heavy atom. The third kappa shape index (κ3) is 17.4. The molecule has 10 nitrogen and oxygen atoms in total. The van der Waals surface area contributed by atoms with Crippen molar-refractivity contribution in [2.75, 3.05) is 19.8 Å². The standard InChI is InChI=1S/C31H58O10/c1-3-5-7-9-11-13-15-17-19-26(33)38-22-24(40-27(34)20-18-16-14-12-10-8-6-4-2)23-39-31-30(37)29(36)28(35)25(21-32)41-31/h24-25,28-32,35-37H,3-23H2,1-2H3/t24-,25-,28+,29?,30?,31-/m1/s1. The Morgan fingerprint density at radius 3 is 1.66 bits per heavy atom. The number of carbonyl (C=O) groups excluding carboxylic acids is 2. The molecule has 0 aromatic rings. The fourth-order valence-corrected chi connectivity index (χ4v) is 4.83. The summed E-state index contributed by atoms with van der Waals surface area (Å²) in [6.07, 6.45) is 10.1. The van der Waals surface area contributed by atoms with Crippen LogP contribution in [0.25, 0.3) is 0 Å². The Balaban J connectivity index is 2.49. The Bertz CT molecular complexity index is 659. The Morgan fingerprint density at radius 2 is 1.15 bits per heavy atom. The maximum absolute atomic E-state index is 12.5. The monoisotopic (exact) mass is 590 g/mol. The number of aliphatic hydroxyl groups is 4. The highest BCUT2D eigenvalue weighted by Gasteiger charge is 2.44. The fraction of sp³-hybridized carbons (Fsp3) is 0.935. The number of esters is 2. The molecule has 0 saturated carbocycles. The molecule has 1 aliphatic rings. The normalized spacial score (nSPS) is 23.3. The highest BCUT2D eigenvalue weighted by molar-refractivity contribution is 5.70. The van der Waals surface area contributed by atoms with Gasteiger partial charge in [0.2, 0.25) is 0 Å². The van der Waals surface area contributed by atoms with Crippen LogP contribution < -0.4 is 0 Å². The van der Waals surface area contributed by atoms with E-state index in [9.17, 15) is 30.0 Å². The molecule has 6 atom stereocenters. The van der Waals surface area contributed by atoms with Crippen molar-refractivity contribution in [2.45, 2.75) is 166 Å². The van der Waals surface area contributed by atoms with Crippen LogP contribution in [0.2, 0.25) is 0 Å². The van der Waals surface area contributed by atoms with Gasteiger partial charge >= 0.3 is 11.9 Å². The average Bonchev–Trinajstić information content (AvgIpc) is 2.96. The van der Waals surface area contributed by atoms with E-state index in [-0.39, 0.29) is 32.0 Å². The lowest BCUT2D eigenvalue weighted by Crippen LogP contribution is -2.59. The van der Waals surface area contributed by atoms with Crippen LogP contribution in [0.5, 0.6) is 0 Å². The summed E-state index contributed by atoms with van der Waals surface area (Å²) in [5.74, 6) is -0.814. The molecule has 1 heterocycles. The SMILES string of the molecule is CCCCCCCCCCC(=O)OC[C@H](CO[C@@H]1O[C@H](CO)[C@H](O)C(O)C1O)OC(=O)CCCCCCCCCC. The smallest absolute Gasteiger partial charge is 0.306 e. The molecule has 4 N–H and O–H groups in total. The molecule has 1 fully saturated rings. The Kier molecular flexibility index (Phi) is 22.2. The summed E-state index contributed by atoms with van der Waals surface area (Å²) < 4.78 is 21.8. The molecule has 0 aliphatic carbocycles. The fourth-order valence-electron chi connectivity index (χ4n) is 4.83. The van der Waals surface area contributed by atoms with Crippen LogP contribution >= 0.6 is 0 Å². The first-order valence-corrected chi connectivity index (χ1v) is 16.1. The van der Waals surface area contributed by atoms with Gasteiger partial charge < -0.3 is 39.4 Å². The van der Waals surface area contributed by atoms with Crippen molar-refractivity contribution in [3.05, 3.63) is 0 Å². The number of hydrogen-bond acceptors (Lipinski definition) is 10. The van der Waals surface area contributed by atoms with Gasteiger partial charge in [-0.1, -0.05) is 104 Å². The number of carbonyl (C=O) groups is 2. The van der Waals surface area contributed by atoms with E-state index in [1.807, 2.05) is 0 Å². The topological polar surface area (TPSA) is 152 Å². The molecule has 1 rings (SSSR count). The molecule has 0 spiro atoms. The van der Waals surface area contributed by atoms with Gasteiger partial charge in [-0.3, -0.25) is 9.59 Å². The third-order valence-corrected chi connectivity index (χ3v) is 7.49. The van der Waals surface area contributed by atoms with Crippen molar-refractivity contribution < 1.29 is 49.0 Å². The molecule has 242 valence electrons. The first kappa shape index (κ1) is 37.7. The lowest BCUT2D eigenvalue weighted by atomic mass is 9.99. The molecule has 0 amide bonds. The second-order valence-electron chi connectivity index (χ2n) is 11.3. The largest absolute Gasteiger partial charge is 0.462 e. The first-order chi connectivity index (χ1) is 19.8. The minimum Gasteiger partial charge on any atom is -0.462 e. The highest BCUT2D eigenvalue weighted by atomic mass is 16.7. The zero-order chi connectivity index (χ0) is 30.3. The van der Waals surface area contributed by atoms with Crippen LogP contribution in [-0.2, 0) is 28.5 Å². The van der Waals surface area contributed by atoms with Gasteiger partial charge in [0.05, 0.1) is 13.2 Å². The highest BCUT2D eigenvalue weighted by Crippen LogP contribution is 2.22. The van der Waals surface area contributed by atoms with Gasteiger partial charge in [-0.2, -0.15) is 0 Å². The molecule has 10 heteroatoms. The minimum absolute atomic E-state index is 0.212. The molecule has 0 radical (unpaired) electrons. The second kappa shape index (κ2) is 24.2. The number of hydrogen-bond donors (Lipinski definition) is 4. The summed E-state index contributed by atoms with van der Waals surface area (Å²) in [6.45, 7) is 3.31. The quantitative estimate of drug-likeness (QED) is 0.0893. The molecule has 0 aromatic heterocycles. The average molecular weight is 591 g/mol. The minimum atomic E-state index is -1.58. The van der Waals surface area contributed by atoms with E-state index >= 15 is 0 Å². The lowest BCUT2D eigenvalue weighted by molar-refractivity contribution is -0.305. The summed E-state index contributed by atoms with van der Waals surface area (Å²) in [5.41, 5.74) is 0. The number of unbranched alkanes of at least 4 members (excludes halogenated alkanes) is 14. The van der Waals surface area contributed by atoms with Crippen molar-refractivity contribution in [3.63, 3.8) is 0 Å². The van der Waals surface area contributed by atoms with Gasteiger partial charge in [0.1, 0.15) is 31.0 Å². The molecular formula is C31H58O10. The van der Waals surface area contributed by atoms with Gasteiger partial charge in [-0.05, 0) is 12.8 Å². The van der Waals surface area contributed by atoms with Crippen LogP contribution in [0.1, 0.15) is 129 Å². The lowest BCUT2D eigenvalue weighted by Gasteiger charge is -2.39. The number of rotatable bonds is 25. The van der Waals surface area contributed by atoms with Crippen LogP contribution in [0.15, 0.2) is 0 Å². The zero-order valence-corrected chi connectivity index (χ0v) is 25.6. The molecule has 41 heavy (non-hydrogen) atoms. The molecule has 1 aliphatic heterocycles. The summed E-state index contributed by atoms with van der Waals surface area (Å²) in [4.78, 5) is 24.8. The number of ether oxygens (including phenoxy) is 4. The van der Waals surface area contributed by atoms with E-state index in [1.54, 1.807) is 0 Å². The van der Waals surface area contributed by atoms with E-state index < -0.39 is 49.4 Å². The predicted molar refractivity (Wildman–Crippen MR) is 155 cm³/mol. The van der Waals surface area contributed by atoms with Crippen molar-refractivity contribution in [1.29, 1.82) is 0 Å². The summed E-state index contributed by atoms with van der Waals surface area (Å²) in [7, 11) is 0. The first-order valence-electron chi connectivity index (χ1n) is 16.1. The van der Waals surface area contributed by atoms with Crippen molar-refractivity contribution in [1.82, 2.24) is 0 Å². The zero-order valence-electron chi connectivity index (χ0n) is 25.6. The van der Waals surface area contributed by atoms with Gasteiger partial charge in [0.15, 0.2) is 12.4 Å². The van der Waals surface area contributed by atoms with Gasteiger partial charge in [0.25, 0.3) is 0 Å². The molecule has 1 saturated heterocycles. The second-order valence-corrected chi connectivity index (χ2v) is 11.3.